The van der Waals surface area contributed by atoms with Gasteiger partial charge in [0.2, 0.25) is 5.91 Å². The van der Waals surface area contributed by atoms with E-state index in [1.54, 1.807) is 11.8 Å². The van der Waals surface area contributed by atoms with Crippen LogP contribution in [0.5, 0.6) is 0 Å². The smallest absolute Gasteiger partial charge is 0.338 e. The molecule has 0 aromatic heterocycles. The van der Waals surface area contributed by atoms with E-state index in [-0.39, 0.29) is 12.6 Å². The molecule has 0 aromatic rings. The SMILES string of the molecule is CCNC(=O)NC(=O)[C@@H](C)N(CCC(F)(F)F)C1CCC1. The zero-order valence-electron chi connectivity index (χ0n) is 12.3. The van der Waals surface area contributed by atoms with Crippen LogP contribution in [0.4, 0.5) is 18.0 Å². The van der Waals surface area contributed by atoms with Gasteiger partial charge < -0.3 is 5.32 Å². The number of halogens is 3. The Bertz CT molecular complexity index is 370. The number of hydrogen-bond donors (Lipinski definition) is 2. The molecule has 0 aromatic carbocycles. The quantitative estimate of drug-likeness (QED) is 0.789. The summed E-state index contributed by atoms with van der Waals surface area (Å²) in [4.78, 5) is 24.8. The highest BCUT2D eigenvalue weighted by Gasteiger charge is 2.35. The van der Waals surface area contributed by atoms with Crippen LogP contribution in [0, 0.1) is 0 Å². The molecule has 0 heterocycles. The first kappa shape index (κ1) is 17.7. The van der Waals surface area contributed by atoms with Crippen LogP contribution in [-0.4, -0.2) is 48.2 Å². The zero-order valence-corrected chi connectivity index (χ0v) is 12.3. The topological polar surface area (TPSA) is 61.4 Å². The minimum Gasteiger partial charge on any atom is -0.338 e. The molecule has 2 N–H and O–H groups in total. The number of imide groups is 1. The van der Waals surface area contributed by atoms with Crippen LogP contribution in [0.15, 0.2) is 0 Å². The Morgan fingerprint density at radius 1 is 1.33 bits per heavy atom. The molecule has 1 aliphatic rings. The molecule has 1 atom stereocenters. The standard InChI is InChI=1S/C13H22F3N3O2/c1-3-17-12(21)18-11(20)9(2)19(10-5-4-6-10)8-7-13(14,15)16/h9-10H,3-8H2,1-2H3,(H2,17,18,20,21)/t9-/m1/s1. The molecule has 1 saturated carbocycles. The summed E-state index contributed by atoms with van der Waals surface area (Å²) in [5.74, 6) is -0.574. The third-order valence-electron chi connectivity index (χ3n) is 3.65. The first-order chi connectivity index (χ1) is 9.74. The number of carbonyl (C=O) groups excluding carboxylic acids is 2. The first-order valence-electron chi connectivity index (χ1n) is 7.15. The number of carbonyl (C=O) groups is 2. The summed E-state index contributed by atoms with van der Waals surface area (Å²) in [6, 6.07) is -1.40. The van der Waals surface area contributed by atoms with Gasteiger partial charge in [0, 0.05) is 19.1 Å². The molecular weight excluding hydrogens is 287 g/mol. The second-order valence-corrected chi connectivity index (χ2v) is 5.21. The maximum Gasteiger partial charge on any atom is 0.390 e. The maximum atomic E-state index is 12.4. The fourth-order valence-electron chi connectivity index (χ4n) is 2.24. The van der Waals surface area contributed by atoms with Gasteiger partial charge in [-0.2, -0.15) is 13.2 Å². The van der Waals surface area contributed by atoms with Crippen LogP contribution >= 0.6 is 0 Å². The van der Waals surface area contributed by atoms with Crippen LogP contribution in [0.3, 0.4) is 0 Å². The molecule has 8 heteroatoms. The third kappa shape index (κ3) is 5.91. The van der Waals surface area contributed by atoms with E-state index in [1.165, 1.54) is 6.92 Å². The fourth-order valence-corrected chi connectivity index (χ4v) is 2.24. The van der Waals surface area contributed by atoms with E-state index in [0.29, 0.717) is 6.54 Å². The Balaban J connectivity index is 2.59. The van der Waals surface area contributed by atoms with E-state index in [0.717, 1.165) is 19.3 Å². The molecule has 0 bridgehead atoms. The molecule has 21 heavy (non-hydrogen) atoms. The van der Waals surface area contributed by atoms with Crippen molar-refractivity contribution in [1.82, 2.24) is 15.5 Å². The van der Waals surface area contributed by atoms with Gasteiger partial charge in [-0.25, -0.2) is 4.79 Å². The van der Waals surface area contributed by atoms with Crippen molar-refractivity contribution in [3.05, 3.63) is 0 Å². The molecule has 5 nitrogen and oxygen atoms in total. The Morgan fingerprint density at radius 3 is 2.38 bits per heavy atom. The number of amides is 3. The molecule has 0 radical (unpaired) electrons. The average Bonchev–Trinajstić information content (AvgIpc) is 2.30. The molecular formula is C13H22F3N3O2. The lowest BCUT2D eigenvalue weighted by atomic mass is 9.90. The van der Waals surface area contributed by atoms with Crippen molar-refractivity contribution in [3.8, 4) is 0 Å². The van der Waals surface area contributed by atoms with Gasteiger partial charge in [0.1, 0.15) is 0 Å². The Morgan fingerprint density at radius 2 is 1.95 bits per heavy atom. The minimum absolute atomic E-state index is 0.0117. The van der Waals surface area contributed by atoms with Gasteiger partial charge in [-0.1, -0.05) is 6.42 Å². The normalized spacial score (nSPS) is 17.2. The summed E-state index contributed by atoms with van der Waals surface area (Å²) >= 11 is 0. The van der Waals surface area contributed by atoms with Crippen molar-refractivity contribution in [2.24, 2.45) is 0 Å². The van der Waals surface area contributed by atoms with Crippen LogP contribution in [0.25, 0.3) is 0 Å². The van der Waals surface area contributed by atoms with Crippen LogP contribution < -0.4 is 10.6 Å². The lowest BCUT2D eigenvalue weighted by Gasteiger charge is -2.40. The summed E-state index contributed by atoms with van der Waals surface area (Å²) in [5, 5.41) is 4.56. The Labute approximate surface area is 122 Å². The number of nitrogens with zero attached hydrogens (tertiary/aromatic N) is 1. The molecule has 0 unspecified atom stereocenters. The number of alkyl halides is 3. The van der Waals surface area contributed by atoms with Crippen molar-refractivity contribution >= 4 is 11.9 Å². The number of nitrogens with one attached hydrogen (secondary N) is 2. The second kappa shape index (κ2) is 7.63. The Kier molecular flexibility index (Phi) is 6.44. The molecule has 0 aliphatic heterocycles. The molecule has 1 aliphatic carbocycles. The van der Waals surface area contributed by atoms with Crippen molar-refractivity contribution < 1.29 is 22.8 Å². The highest BCUT2D eigenvalue weighted by atomic mass is 19.4. The molecule has 0 saturated heterocycles. The van der Waals surface area contributed by atoms with Crippen LogP contribution in [-0.2, 0) is 4.79 Å². The van der Waals surface area contributed by atoms with Gasteiger partial charge in [-0.3, -0.25) is 15.0 Å². The van der Waals surface area contributed by atoms with E-state index in [4.69, 9.17) is 0 Å². The van der Waals surface area contributed by atoms with E-state index >= 15 is 0 Å². The van der Waals surface area contributed by atoms with Gasteiger partial charge in [-0.15, -0.1) is 0 Å². The minimum atomic E-state index is -4.25. The van der Waals surface area contributed by atoms with E-state index < -0.39 is 30.6 Å². The van der Waals surface area contributed by atoms with E-state index in [2.05, 4.69) is 10.6 Å². The van der Waals surface area contributed by atoms with Gasteiger partial charge in [0.25, 0.3) is 0 Å². The summed E-state index contributed by atoms with van der Waals surface area (Å²) in [5.41, 5.74) is 0. The predicted octanol–water partition coefficient (Wildman–Crippen LogP) is 2.03. The first-order valence-corrected chi connectivity index (χ1v) is 7.15. The van der Waals surface area contributed by atoms with Crippen molar-refractivity contribution in [1.29, 1.82) is 0 Å². The molecule has 0 spiro atoms. The summed E-state index contributed by atoms with van der Waals surface area (Å²) in [7, 11) is 0. The van der Waals surface area contributed by atoms with E-state index in [9.17, 15) is 22.8 Å². The van der Waals surface area contributed by atoms with Gasteiger partial charge in [-0.05, 0) is 26.7 Å². The highest BCUT2D eigenvalue weighted by Crippen LogP contribution is 2.29. The van der Waals surface area contributed by atoms with Crippen molar-refractivity contribution in [2.75, 3.05) is 13.1 Å². The Hall–Kier alpha value is -1.31. The summed E-state index contributed by atoms with van der Waals surface area (Å²) in [6.07, 6.45) is -2.68. The van der Waals surface area contributed by atoms with Crippen LogP contribution in [0.2, 0.25) is 0 Å². The molecule has 122 valence electrons. The summed E-state index contributed by atoms with van der Waals surface area (Å²) < 4.78 is 37.2. The number of hydrogen-bond acceptors (Lipinski definition) is 3. The predicted molar refractivity (Wildman–Crippen MR) is 71.7 cm³/mol. The molecule has 1 fully saturated rings. The molecule has 1 rings (SSSR count). The largest absolute Gasteiger partial charge is 0.390 e. The van der Waals surface area contributed by atoms with Gasteiger partial charge >= 0.3 is 12.2 Å². The molecule has 3 amide bonds. The highest BCUT2D eigenvalue weighted by molar-refractivity contribution is 5.96. The zero-order chi connectivity index (χ0) is 16.0. The maximum absolute atomic E-state index is 12.4. The second-order valence-electron chi connectivity index (χ2n) is 5.21. The average molecular weight is 309 g/mol. The summed E-state index contributed by atoms with van der Waals surface area (Å²) in [6.45, 7) is 3.38. The number of urea groups is 1. The lowest BCUT2D eigenvalue weighted by molar-refractivity contribution is -0.145. The van der Waals surface area contributed by atoms with Gasteiger partial charge in [0.05, 0.1) is 12.5 Å². The van der Waals surface area contributed by atoms with Crippen molar-refractivity contribution in [2.45, 2.75) is 57.8 Å². The fraction of sp³-hybridized carbons (Fsp3) is 0.846. The third-order valence-corrected chi connectivity index (χ3v) is 3.65. The van der Waals surface area contributed by atoms with Crippen LogP contribution in [0.1, 0.15) is 39.5 Å². The van der Waals surface area contributed by atoms with Crippen molar-refractivity contribution in [3.63, 3.8) is 0 Å². The lowest BCUT2D eigenvalue weighted by Crippen LogP contribution is -2.54. The number of rotatable bonds is 6. The monoisotopic (exact) mass is 309 g/mol. The van der Waals surface area contributed by atoms with Gasteiger partial charge in [0.15, 0.2) is 0 Å². The van der Waals surface area contributed by atoms with E-state index in [1.807, 2.05) is 0 Å².